The Kier molecular flexibility index (Phi) is 9.55. The summed E-state index contributed by atoms with van der Waals surface area (Å²) < 4.78 is 13.4. The number of aromatic nitrogens is 6. The van der Waals surface area contributed by atoms with E-state index in [1.165, 1.54) is 37.7 Å². The summed E-state index contributed by atoms with van der Waals surface area (Å²) >= 11 is 0. The first kappa shape index (κ1) is 32.0. The van der Waals surface area contributed by atoms with Crippen LogP contribution in [0.5, 0.6) is 0 Å². The third-order valence-corrected chi connectivity index (χ3v) is 8.89. The number of fused-ring (bicyclic) bond motifs is 2. The molecule has 1 saturated carbocycles. The van der Waals surface area contributed by atoms with Crippen molar-refractivity contribution in [2.75, 3.05) is 37.2 Å². The second-order valence-corrected chi connectivity index (χ2v) is 12.3. The topological polar surface area (TPSA) is 148 Å². The van der Waals surface area contributed by atoms with E-state index in [1.54, 1.807) is 12.4 Å². The number of rotatable bonds is 8. The minimum Gasteiger partial charge on any atom is -0.382 e. The van der Waals surface area contributed by atoms with Crippen molar-refractivity contribution in [1.29, 1.82) is 0 Å². The zero-order chi connectivity index (χ0) is 33.6. The van der Waals surface area contributed by atoms with E-state index in [9.17, 15) is 9.18 Å². The Balaban J connectivity index is 0.000000157. The lowest BCUT2D eigenvalue weighted by atomic mass is 9.93. The highest BCUT2D eigenvalue weighted by atomic mass is 19.1. The Bertz CT molecular complexity index is 2100. The molecule has 2 fully saturated rings. The second kappa shape index (κ2) is 14.7. The summed E-state index contributed by atoms with van der Waals surface area (Å²) in [6.45, 7) is 3.82. The number of benzene rings is 2. The molecule has 8 rings (SSSR count). The molecule has 12 heteroatoms. The summed E-state index contributed by atoms with van der Waals surface area (Å²) in [4.78, 5) is 40.8. The summed E-state index contributed by atoms with van der Waals surface area (Å²) in [5.74, 6) is 0.766. The molecule has 0 spiro atoms. The summed E-state index contributed by atoms with van der Waals surface area (Å²) in [5, 5.41) is 6.43. The fraction of sp³-hybridized carbons (Fsp3) is 0.270. The molecular formula is C37H37FN10O. The van der Waals surface area contributed by atoms with E-state index >= 15 is 0 Å². The SMILES string of the molecule is Fc1cccc(-c2ccc3ncnc(NC4CCC4)c3n2)c1.Nc1ncnc2ccc(-c3cccc(C(=O)NCCN4CCCC4)c3)nc12. The number of anilines is 2. The van der Waals surface area contributed by atoms with Gasteiger partial charge in [0.2, 0.25) is 0 Å². The molecule has 1 amide bonds. The van der Waals surface area contributed by atoms with Crippen molar-refractivity contribution in [2.24, 2.45) is 0 Å². The summed E-state index contributed by atoms with van der Waals surface area (Å²) in [7, 11) is 0. The van der Waals surface area contributed by atoms with Crippen molar-refractivity contribution < 1.29 is 9.18 Å². The average molecular weight is 657 g/mol. The summed E-state index contributed by atoms with van der Waals surface area (Å²) in [6.07, 6.45) is 9.06. The normalized spacial score (nSPS) is 14.6. The largest absolute Gasteiger partial charge is 0.382 e. The van der Waals surface area contributed by atoms with Crippen LogP contribution in [0.2, 0.25) is 0 Å². The highest BCUT2D eigenvalue weighted by Gasteiger charge is 2.19. The van der Waals surface area contributed by atoms with Gasteiger partial charge in [-0.1, -0.05) is 24.3 Å². The molecular weight excluding hydrogens is 619 g/mol. The lowest BCUT2D eigenvalue weighted by Gasteiger charge is -2.27. The van der Waals surface area contributed by atoms with Crippen LogP contribution in [0.25, 0.3) is 44.6 Å². The third-order valence-electron chi connectivity index (χ3n) is 8.89. The third kappa shape index (κ3) is 7.60. The average Bonchev–Trinajstić information content (AvgIpc) is 3.64. The van der Waals surface area contributed by atoms with E-state index in [2.05, 4.69) is 45.4 Å². The Hall–Kier alpha value is -5.62. The van der Waals surface area contributed by atoms with Gasteiger partial charge in [0.05, 0.1) is 22.4 Å². The predicted octanol–water partition coefficient (Wildman–Crippen LogP) is 5.89. The fourth-order valence-corrected chi connectivity index (χ4v) is 5.98. The highest BCUT2D eigenvalue weighted by molar-refractivity contribution is 5.95. The number of nitrogens with zero attached hydrogens (tertiary/aromatic N) is 7. The van der Waals surface area contributed by atoms with Crippen LogP contribution in [0.4, 0.5) is 16.0 Å². The van der Waals surface area contributed by atoms with E-state index in [0.29, 0.717) is 35.0 Å². The number of hydrogen-bond acceptors (Lipinski definition) is 10. The number of carbonyl (C=O) groups excluding carboxylic acids is 1. The molecule has 11 nitrogen and oxygen atoms in total. The number of amides is 1. The van der Waals surface area contributed by atoms with Crippen molar-refractivity contribution in [3.05, 3.63) is 96.8 Å². The number of carbonyl (C=O) groups is 1. The number of halogens is 1. The van der Waals surface area contributed by atoms with Gasteiger partial charge in [-0.05, 0) is 93.7 Å². The quantitative estimate of drug-likeness (QED) is 0.181. The maximum atomic E-state index is 13.4. The molecule has 1 saturated heterocycles. The number of likely N-dealkylation sites (tertiary alicyclic amines) is 1. The first-order valence-electron chi connectivity index (χ1n) is 16.6. The van der Waals surface area contributed by atoms with Gasteiger partial charge in [0.1, 0.15) is 29.5 Å². The van der Waals surface area contributed by atoms with Gasteiger partial charge in [0.25, 0.3) is 5.91 Å². The van der Waals surface area contributed by atoms with E-state index in [4.69, 9.17) is 5.73 Å². The number of nitrogen functional groups attached to an aromatic ring is 1. The molecule has 4 N–H and O–H groups in total. The number of pyridine rings is 2. The van der Waals surface area contributed by atoms with Crippen LogP contribution in [0, 0.1) is 5.82 Å². The van der Waals surface area contributed by atoms with Gasteiger partial charge in [-0.2, -0.15) is 0 Å². The lowest BCUT2D eigenvalue weighted by Crippen LogP contribution is -2.33. The Morgan fingerprint density at radius 1 is 0.796 bits per heavy atom. The second-order valence-electron chi connectivity index (χ2n) is 12.3. The molecule has 0 unspecified atom stereocenters. The Labute approximate surface area is 283 Å². The fourth-order valence-electron chi connectivity index (χ4n) is 5.98. The van der Waals surface area contributed by atoms with Gasteiger partial charge in [0, 0.05) is 35.8 Å². The van der Waals surface area contributed by atoms with Gasteiger partial charge in [0.15, 0.2) is 11.6 Å². The molecule has 1 aliphatic heterocycles. The monoisotopic (exact) mass is 656 g/mol. The molecule has 0 atom stereocenters. The number of nitrogens with one attached hydrogen (secondary N) is 2. The first-order valence-corrected chi connectivity index (χ1v) is 16.6. The van der Waals surface area contributed by atoms with E-state index in [1.807, 2.05) is 54.6 Å². The van der Waals surface area contributed by atoms with Crippen LogP contribution in [0.1, 0.15) is 42.5 Å². The van der Waals surface area contributed by atoms with Gasteiger partial charge >= 0.3 is 0 Å². The van der Waals surface area contributed by atoms with Crippen LogP contribution in [0.3, 0.4) is 0 Å². The van der Waals surface area contributed by atoms with Gasteiger partial charge in [-0.25, -0.2) is 34.3 Å². The van der Waals surface area contributed by atoms with Gasteiger partial charge < -0.3 is 21.3 Å². The molecule has 2 aromatic carbocycles. The Morgan fingerprint density at radius 3 is 2.18 bits per heavy atom. The summed E-state index contributed by atoms with van der Waals surface area (Å²) in [6, 6.07) is 21.9. The molecule has 6 aromatic rings. The van der Waals surface area contributed by atoms with Crippen molar-refractivity contribution in [2.45, 2.75) is 38.1 Å². The van der Waals surface area contributed by atoms with Crippen LogP contribution in [-0.4, -0.2) is 72.9 Å². The van der Waals surface area contributed by atoms with Crippen LogP contribution in [-0.2, 0) is 0 Å². The zero-order valence-electron chi connectivity index (χ0n) is 27.0. The van der Waals surface area contributed by atoms with Crippen LogP contribution >= 0.6 is 0 Å². The van der Waals surface area contributed by atoms with Crippen LogP contribution < -0.4 is 16.4 Å². The lowest BCUT2D eigenvalue weighted by molar-refractivity contribution is 0.0949. The van der Waals surface area contributed by atoms with E-state index < -0.39 is 0 Å². The molecule has 1 aliphatic carbocycles. The standard InChI is InChI=1S/C20H22N6O.C17H15FN4/c21-19-18-17(23-13-24-19)7-6-16(25-18)14-4-3-5-15(12-14)20(27)22-8-11-26-9-1-2-10-26;18-12-4-1-3-11(9-12)14-7-8-15-16(22-14)17(20-10-19-15)21-13-5-2-6-13/h3-7,12-13H,1-2,8-11H2,(H,22,27)(H2,21,23,24);1,3-4,7-10,13H,2,5-6H2,(H,19,20,21). The van der Waals surface area contributed by atoms with E-state index in [0.717, 1.165) is 71.8 Å². The smallest absolute Gasteiger partial charge is 0.251 e. The van der Waals surface area contributed by atoms with Crippen molar-refractivity contribution in [3.63, 3.8) is 0 Å². The summed E-state index contributed by atoms with van der Waals surface area (Å²) in [5.41, 5.74) is 12.4. The minimum atomic E-state index is -0.267. The number of hydrogen-bond donors (Lipinski definition) is 3. The zero-order valence-corrected chi connectivity index (χ0v) is 27.0. The molecule has 0 bridgehead atoms. The van der Waals surface area contributed by atoms with Crippen molar-refractivity contribution >= 4 is 39.6 Å². The van der Waals surface area contributed by atoms with Gasteiger partial charge in [-0.15, -0.1) is 0 Å². The van der Waals surface area contributed by atoms with Gasteiger partial charge in [-0.3, -0.25) is 4.79 Å². The van der Waals surface area contributed by atoms with Crippen molar-refractivity contribution in [3.8, 4) is 22.5 Å². The molecule has 4 aromatic heterocycles. The van der Waals surface area contributed by atoms with Crippen molar-refractivity contribution in [1.82, 2.24) is 40.1 Å². The molecule has 2 aliphatic rings. The van der Waals surface area contributed by atoms with E-state index in [-0.39, 0.29) is 11.7 Å². The minimum absolute atomic E-state index is 0.0697. The molecule has 5 heterocycles. The maximum absolute atomic E-state index is 13.4. The molecule has 0 radical (unpaired) electrons. The first-order chi connectivity index (χ1) is 24.0. The maximum Gasteiger partial charge on any atom is 0.251 e. The predicted molar refractivity (Wildman–Crippen MR) is 189 cm³/mol. The number of nitrogens with two attached hydrogens (primary N) is 1. The Morgan fingerprint density at radius 2 is 1.47 bits per heavy atom. The highest BCUT2D eigenvalue weighted by Crippen LogP contribution is 2.28. The molecule has 49 heavy (non-hydrogen) atoms. The molecule has 248 valence electrons. The van der Waals surface area contributed by atoms with Crippen LogP contribution in [0.15, 0.2) is 85.5 Å².